The Labute approximate surface area is 221 Å². The summed E-state index contributed by atoms with van der Waals surface area (Å²) in [6.07, 6.45) is 2.85. The average molecular weight is 521 g/mol. The van der Waals surface area contributed by atoms with E-state index < -0.39 is 69.0 Å². The van der Waals surface area contributed by atoms with E-state index in [2.05, 4.69) is 19.9 Å². The van der Waals surface area contributed by atoms with E-state index in [4.69, 9.17) is 0 Å². The zero-order valence-electron chi connectivity index (χ0n) is 23.7. The Morgan fingerprint density at radius 1 is 0.946 bits per heavy atom. The van der Waals surface area contributed by atoms with Gasteiger partial charge >= 0.3 is 0 Å². The Hall–Kier alpha value is -1.09. The number of carbonyl (C=O) groups is 1. The van der Waals surface area contributed by atoms with E-state index in [-0.39, 0.29) is 11.8 Å². The van der Waals surface area contributed by atoms with E-state index in [9.17, 15) is 35.4 Å². The maximum atomic E-state index is 13.2. The van der Waals surface area contributed by atoms with Gasteiger partial charge in [0.15, 0.2) is 5.78 Å². The fourth-order valence-electron chi connectivity index (χ4n) is 9.43. The van der Waals surface area contributed by atoms with Crippen molar-refractivity contribution in [1.82, 2.24) is 0 Å². The highest BCUT2D eigenvalue weighted by Gasteiger charge is 2.74. The summed E-state index contributed by atoms with van der Waals surface area (Å²) in [5, 5.41) is 66.6. The fourth-order valence-corrected chi connectivity index (χ4v) is 9.43. The lowest BCUT2D eigenvalue weighted by Crippen LogP contribution is -2.67. The third-order valence-electron chi connectivity index (χ3n) is 11.6. The van der Waals surface area contributed by atoms with Crippen LogP contribution in [-0.2, 0) is 4.79 Å². The van der Waals surface area contributed by atoms with E-state index in [0.29, 0.717) is 25.7 Å². The van der Waals surface area contributed by atoms with Crippen molar-refractivity contribution in [1.29, 1.82) is 0 Å². The van der Waals surface area contributed by atoms with Crippen LogP contribution in [0.4, 0.5) is 0 Å². The predicted molar refractivity (Wildman–Crippen MR) is 140 cm³/mol. The first-order chi connectivity index (χ1) is 16.7. The molecule has 11 atom stereocenters. The molecule has 0 aromatic rings. The maximum Gasteiger partial charge on any atom is 0.187 e. The van der Waals surface area contributed by atoms with Crippen LogP contribution in [-0.4, -0.2) is 72.0 Å². The lowest BCUT2D eigenvalue weighted by atomic mass is 9.38. The first-order valence-corrected chi connectivity index (χ1v) is 13.8. The number of carbonyl (C=O) groups excluding carboxylic acids is 1. The predicted octanol–water partition coefficient (Wildman–Crippen LogP) is 2.51. The summed E-state index contributed by atoms with van der Waals surface area (Å²) in [6.45, 7) is 14.6. The molecule has 0 bridgehead atoms. The lowest BCUT2D eigenvalue weighted by molar-refractivity contribution is -0.220. The van der Waals surface area contributed by atoms with Gasteiger partial charge in [-0.05, 0) is 75.2 Å². The topological polar surface area (TPSA) is 138 Å². The van der Waals surface area contributed by atoms with Crippen LogP contribution in [0.5, 0.6) is 0 Å². The summed E-state index contributed by atoms with van der Waals surface area (Å²) in [4.78, 5) is 13.2. The van der Waals surface area contributed by atoms with Crippen LogP contribution in [0.2, 0.25) is 0 Å². The highest BCUT2D eigenvalue weighted by molar-refractivity contribution is 5.97. The number of ketones is 1. The molecule has 0 spiro atoms. The number of aliphatic hydroxyl groups excluding tert-OH is 4. The second-order valence-corrected chi connectivity index (χ2v) is 14.6. The molecule has 0 aliphatic heterocycles. The second kappa shape index (κ2) is 8.45. The quantitative estimate of drug-likeness (QED) is 0.247. The van der Waals surface area contributed by atoms with Crippen LogP contribution in [0, 0.1) is 39.4 Å². The summed E-state index contributed by atoms with van der Waals surface area (Å²) in [6, 6.07) is 0. The number of aliphatic hydroxyl groups is 6. The zero-order chi connectivity index (χ0) is 28.1. The number of hydrogen-bond donors (Lipinski definition) is 6. The van der Waals surface area contributed by atoms with Crippen molar-refractivity contribution in [3.05, 3.63) is 23.8 Å². The van der Waals surface area contributed by atoms with Gasteiger partial charge in [-0.3, -0.25) is 4.79 Å². The van der Waals surface area contributed by atoms with Crippen LogP contribution < -0.4 is 0 Å². The van der Waals surface area contributed by atoms with Crippen molar-refractivity contribution in [2.75, 3.05) is 0 Å². The van der Waals surface area contributed by atoms with Gasteiger partial charge in [0, 0.05) is 16.7 Å². The molecule has 37 heavy (non-hydrogen) atoms. The standard InChI is InChI=1S/C30H48O7/c1-25(2,36)12-11-21(33)30(8,37)23-19(32)14-27(5)20-10-9-16-17(13-18(31)24(35)26(16,3)4)29(20,7)22(34)15-28(23,27)6/h9,11-12,17-20,22-24,31-32,34-37H,10,13-15H2,1-8H3. The van der Waals surface area contributed by atoms with Crippen molar-refractivity contribution < 1.29 is 35.4 Å². The molecule has 3 saturated carbocycles. The molecular weight excluding hydrogens is 472 g/mol. The maximum absolute atomic E-state index is 13.2. The first-order valence-electron chi connectivity index (χ1n) is 13.8. The molecule has 7 nitrogen and oxygen atoms in total. The molecule has 210 valence electrons. The largest absolute Gasteiger partial charge is 0.393 e. The molecule has 4 aliphatic rings. The summed E-state index contributed by atoms with van der Waals surface area (Å²) in [5.74, 6) is -1.60. The summed E-state index contributed by atoms with van der Waals surface area (Å²) < 4.78 is 0. The number of hydrogen-bond acceptors (Lipinski definition) is 7. The van der Waals surface area contributed by atoms with Crippen LogP contribution in [0.25, 0.3) is 0 Å². The Morgan fingerprint density at radius 3 is 2.11 bits per heavy atom. The minimum absolute atomic E-state index is 0.0711. The summed E-state index contributed by atoms with van der Waals surface area (Å²) in [7, 11) is 0. The highest BCUT2D eigenvalue weighted by Crippen LogP contribution is 2.75. The normalized spacial score (nSPS) is 49.0. The van der Waals surface area contributed by atoms with Crippen LogP contribution in [0.15, 0.2) is 23.8 Å². The van der Waals surface area contributed by atoms with Crippen LogP contribution in [0.1, 0.15) is 81.1 Å². The van der Waals surface area contributed by atoms with Gasteiger partial charge in [-0.2, -0.15) is 0 Å². The summed E-state index contributed by atoms with van der Waals surface area (Å²) in [5.41, 5.74) is -4.55. The van der Waals surface area contributed by atoms with Gasteiger partial charge in [-0.15, -0.1) is 0 Å². The third-order valence-corrected chi connectivity index (χ3v) is 11.6. The third kappa shape index (κ3) is 3.86. The molecule has 4 aliphatic carbocycles. The lowest BCUT2D eigenvalue weighted by Gasteiger charge is -2.67. The number of allylic oxidation sites excluding steroid dienone is 1. The minimum Gasteiger partial charge on any atom is -0.393 e. The van der Waals surface area contributed by atoms with Gasteiger partial charge in [0.25, 0.3) is 0 Å². The molecule has 0 aromatic carbocycles. The molecule has 11 unspecified atom stereocenters. The minimum atomic E-state index is -1.90. The Balaban J connectivity index is 1.79. The van der Waals surface area contributed by atoms with Crippen LogP contribution >= 0.6 is 0 Å². The average Bonchev–Trinajstić information content (AvgIpc) is 2.96. The van der Waals surface area contributed by atoms with E-state index in [1.807, 2.05) is 20.8 Å². The van der Waals surface area contributed by atoms with Crippen molar-refractivity contribution in [3.63, 3.8) is 0 Å². The number of rotatable bonds is 4. The molecule has 0 saturated heterocycles. The van der Waals surface area contributed by atoms with Gasteiger partial charge in [0.1, 0.15) is 5.60 Å². The van der Waals surface area contributed by atoms with Crippen molar-refractivity contribution in [2.45, 2.75) is 117 Å². The SMILES string of the molecule is CC(C)(O)C=CC(=O)C(C)(O)C1C(O)CC2(C)C3CC=C4C(CC(O)C(O)C4(C)C)C3(C)C(O)CC12C. The monoisotopic (exact) mass is 520 g/mol. The fraction of sp³-hybridized carbons (Fsp3) is 0.833. The molecular formula is C30H48O7. The van der Waals surface area contributed by atoms with Gasteiger partial charge in [-0.1, -0.05) is 52.3 Å². The number of fused-ring (bicyclic) bond motifs is 5. The molecule has 0 radical (unpaired) electrons. The van der Waals surface area contributed by atoms with Crippen LogP contribution in [0.3, 0.4) is 0 Å². The molecule has 0 amide bonds. The summed E-state index contributed by atoms with van der Waals surface area (Å²) >= 11 is 0. The molecule has 6 N–H and O–H groups in total. The van der Waals surface area contributed by atoms with Crippen molar-refractivity contribution in [3.8, 4) is 0 Å². The highest BCUT2D eigenvalue weighted by atomic mass is 16.3. The smallest absolute Gasteiger partial charge is 0.187 e. The van der Waals surface area contributed by atoms with Crippen molar-refractivity contribution >= 4 is 5.78 Å². The Bertz CT molecular complexity index is 1010. The van der Waals surface area contributed by atoms with E-state index in [1.165, 1.54) is 19.1 Å². The van der Waals surface area contributed by atoms with Gasteiger partial charge in [0.05, 0.1) is 30.0 Å². The molecule has 7 heteroatoms. The molecule has 0 heterocycles. The molecule has 0 aromatic heterocycles. The van der Waals surface area contributed by atoms with Crippen molar-refractivity contribution in [2.24, 2.45) is 39.4 Å². The second-order valence-electron chi connectivity index (χ2n) is 14.6. The van der Waals surface area contributed by atoms with E-state index >= 15 is 0 Å². The zero-order valence-corrected chi connectivity index (χ0v) is 23.7. The van der Waals surface area contributed by atoms with E-state index in [0.717, 1.165) is 5.57 Å². The van der Waals surface area contributed by atoms with E-state index in [1.54, 1.807) is 13.8 Å². The molecule has 4 rings (SSSR count). The molecule has 3 fully saturated rings. The Kier molecular flexibility index (Phi) is 6.60. The van der Waals surface area contributed by atoms with Gasteiger partial charge in [0.2, 0.25) is 0 Å². The van der Waals surface area contributed by atoms with Gasteiger partial charge in [-0.25, -0.2) is 0 Å². The first kappa shape index (κ1) is 28.9. The Morgan fingerprint density at radius 2 is 1.54 bits per heavy atom. The van der Waals surface area contributed by atoms with Gasteiger partial charge < -0.3 is 30.6 Å².